The molecule has 20 heavy (non-hydrogen) atoms. The lowest BCUT2D eigenvalue weighted by Crippen LogP contribution is -2.22. The number of phenolic OH excluding ortho intramolecular Hbond substituents is 1. The van der Waals surface area contributed by atoms with E-state index in [-0.39, 0.29) is 27.6 Å². The average molecular weight is 298 g/mol. The first-order valence-electron chi connectivity index (χ1n) is 6.46. The van der Waals surface area contributed by atoms with Crippen molar-refractivity contribution in [1.29, 1.82) is 0 Å². The standard InChI is InChI=1S/C15H22O4S/c1-9(16)20-8-12(17)14(19)10-6-5-7-11(13(10)18)15(2,3)4/h5-7,12,14,17-19H,8H2,1-4H3. The van der Waals surface area contributed by atoms with Crippen LogP contribution in [0.5, 0.6) is 5.75 Å². The summed E-state index contributed by atoms with van der Waals surface area (Å²) in [7, 11) is 0. The van der Waals surface area contributed by atoms with E-state index in [0.717, 1.165) is 11.8 Å². The number of aliphatic hydroxyl groups is 2. The van der Waals surface area contributed by atoms with Crippen molar-refractivity contribution in [3.05, 3.63) is 29.3 Å². The third-order valence-corrected chi connectivity index (χ3v) is 3.93. The van der Waals surface area contributed by atoms with Gasteiger partial charge in [-0.3, -0.25) is 4.79 Å². The molecule has 0 saturated carbocycles. The third kappa shape index (κ3) is 4.23. The van der Waals surface area contributed by atoms with Gasteiger partial charge in [-0.05, 0) is 11.0 Å². The smallest absolute Gasteiger partial charge is 0.185 e. The van der Waals surface area contributed by atoms with Crippen molar-refractivity contribution in [2.75, 3.05) is 5.75 Å². The summed E-state index contributed by atoms with van der Waals surface area (Å²) in [4.78, 5) is 10.9. The molecule has 0 bridgehead atoms. The number of hydrogen-bond acceptors (Lipinski definition) is 5. The van der Waals surface area contributed by atoms with Crippen molar-refractivity contribution in [2.45, 2.75) is 45.3 Å². The summed E-state index contributed by atoms with van der Waals surface area (Å²) >= 11 is 0.947. The van der Waals surface area contributed by atoms with Gasteiger partial charge in [-0.15, -0.1) is 0 Å². The third-order valence-electron chi connectivity index (χ3n) is 3.02. The Hall–Kier alpha value is -1.04. The SMILES string of the molecule is CC(=O)SCC(O)C(O)c1cccc(C(C)(C)C)c1O. The molecule has 1 aromatic carbocycles. The summed E-state index contributed by atoms with van der Waals surface area (Å²) in [5.74, 6) is 0.0924. The molecule has 0 fully saturated rings. The zero-order chi connectivity index (χ0) is 15.5. The van der Waals surface area contributed by atoms with Crippen LogP contribution < -0.4 is 0 Å². The second kappa shape index (κ2) is 6.61. The van der Waals surface area contributed by atoms with Gasteiger partial charge in [-0.1, -0.05) is 50.7 Å². The molecule has 0 radical (unpaired) electrons. The molecule has 112 valence electrons. The maximum Gasteiger partial charge on any atom is 0.185 e. The number of carbonyl (C=O) groups is 1. The van der Waals surface area contributed by atoms with Crippen LogP contribution in [0.2, 0.25) is 0 Å². The highest BCUT2D eigenvalue weighted by Crippen LogP contribution is 2.36. The van der Waals surface area contributed by atoms with Gasteiger partial charge in [0.15, 0.2) is 5.12 Å². The normalized spacial score (nSPS) is 14.9. The molecule has 0 aliphatic heterocycles. The van der Waals surface area contributed by atoms with E-state index in [1.54, 1.807) is 18.2 Å². The van der Waals surface area contributed by atoms with Crippen LogP contribution in [0.3, 0.4) is 0 Å². The van der Waals surface area contributed by atoms with Gasteiger partial charge >= 0.3 is 0 Å². The van der Waals surface area contributed by atoms with Gasteiger partial charge in [-0.25, -0.2) is 0 Å². The molecular formula is C15H22O4S. The van der Waals surface area contributed by atoms with E-state index in [1.807, 2.05) is 20.8 Å². The van der Waals surface area contributed by atoms with E-state index in [9.17, 15) is 20.1 Å². The molecule has 0 amide bonds. The molecule has 0 aliphatic rings. The van der Waals surface area contributed by atoms with Crippen LogP contribution in [0.15, 0.2) is 18.2 Å². The average Bonchev–Trinajstić information content (AvgIpc) is 2.33. The van der Waals surface area contributed by atoms with Crippen molar-refractivity contribution >= 4 is 16.9 Å². The Morgan fingerprint density at radius 1 is 1.30 bits per heavy atom. The number of thioether (sulfide) groups is 1. The van der Waals surface area contributed by atoms with E-state index in [2.05, 4.69) is 0 Å². The first-order valence-corrected chi connectivity index (χ1v) is 7.45. The van der Waals surface area contributed by atoms with Crippen molar-refractivity contribution in [1.82, 2.24) is 0 Å². The fourth-order valence-corrected chi connectivity index (χ4v) is 2.49. The summed E-state index contributed by atoms with van der Waals surface area (Å²) in [6.45, 7) is 7.28. The van der Waals surface area contributed by atoms with Crippen LogP contribution in [0, 0.1) is 0 Å². The predicted octanol–water partition coefficient (Wildman–Crippen LogP) is 2.36. The lowest BCUT2D eigenvalue weighted by molar-refractivity contribution is -0.109. The number of carbonyl (C=O) groups excluding carboxylic acids is 1. The number of para-hydroxylation sites is 1. The maximum atomic E-state index is 10.9. The fourth-order valence-electron chi connectivity index (χ4n) is 1.91. The van der Waals surface area contributed by atoms with Gasteiger partial charge in [0, 0.05) is 18.2 Å². The molecule has 2 atom stereocenters. The van der Waals surface area contributed by atoms with Crippen molar-refractivity contribution in [2.24, 2.45) is 0 Å². The second-order valence-corrected chi connectivity index (χ2v) is 7.01. The van der Waals surface area contributed by atoms with Gasteiger partial charge < -0.3 is 15.3 Å². The Morgan fingerprint density at radius 3 is 2.40 bits per heavy atom. The predicted molar refractivity (Wildman–Crippen MR) is 80.9 cm³/mol. The highest BCUT2D eigenvalue weighted by Gasteiger charge is 2.26. The first kappa shape index (κ1) is 17.0. The number of phenols is 1. The molecule has 5 heteroatoms. The van der Waals surface area contributed by atoms with Crippen LogP contribution in [0.25, 0.3) is 0 Å². The van der Waals surface area contributed by atoms with Gasteiger partial charge in [0.25, 0.3) is 0 Å². The largest absolute Gasteiger partial charge is 0.507 e. The second-order valence-electron chi connectivity index (χ2n) is 5.81. The summed E-state index contributed by atoms with van der Waals surface area (Å²) in [6, 6.07) is 5.11. The number of benzene rings is 1. The van der Waals surface area contributed by atoms with E-state index in [4.69, 9.17) is 0 Å². The van der Waals surface area contributed by atoms with Crippen molar-refractivity contribution in [3.8, 4) is 5.75 Å². The van der Waals surface area contributed by atoms with E-state index < -0.39 is 12.2 Å². The quantitative estimate of drug-likeness (QED) is 0.795. The number of hydrogen-bond donors (Lipinski definition) is 3. The molecule has 0 saturated heterocycles. The summed E-state index contributed by atoms with van der Waals surface area (Å²) in [5.41, 5.74) is 0.730. The van der Waals surface area contributed by atoms with Crippen LogP contribution in [0.4, 0.5) is 0 Å². The van der Waals surface area contributed by atoms with Gasteiger partial charge in [0.05, 0.1) is 6.10 Å². The highest BCUT2D eigenvalue weighted by atomic mass is 32.2. The molecule has 0 aromatic heterocycles. The summed E-state index contributed by atoms with van der Waals surface area (Å²) < 4.78 is 0. The Kier molecular flexibility index (Phi) is 5.62. The van der Waals surface area contributed by atoms with E-state index in [1.165, 1.54) is 6.92 Å². The minimum absolute atomic E-state index is 0.000579. The van der Waals surface area contributed by atoms with E-state index in [0.29, 0.717) is 5.56 Å². The van der Waals surface area contributed by atoms with Crippen LogP contribution in [0.1, 0.15) is 44.9 Å². The first-order chi connectivity index (χ1) is 9.14. The van der Waals surface area contributed by atoms with Crippen LogP contribution in [-0.2, 0) is 10.2 Å². The van der Waals surface area contributed by atoms with Gasteiger partial charge in [0.1, 0.15) is 11.9 Å². The molecule has 1 rings (SSSR count). The summed E-state index contributed by atoms with van der Waals surface area (Å²) in [6.07, 6.45) is -2.32. The minimum atomic E-state index is -1.22. The molecule has 0 spiro atoms. The zero-order valence-corrected chi connectivity index (χ0v) is 13.1. The molecule has 0 heterocycles. The van der Waals surface area contributed by atoms with Crippen molar-refractivity contribution < 1.29 is 20.1 Å². The lowest BCUT2D eigenvalue weighted by atomic mass is 9.84. The molecule has 2 unspecified atom stereocenters. The zero-order valence-electron chi connectivity index (χ0n) is 12.3. The Morgan fingerprint density at radius 2 is 1.90 bits per heavy atom. The van der Waals surface area contributed by atoms with Gasteiger partial charge in [-0.2, -0.15) is 0 Å². The molecule has 3 N–H and O–H groups in total. The summed E-state index contributed by atoms with van der Waals surface area (Å²) in [5, 5.41) is 30.2. The van der Waals surface area contributed by atoms with E-state index >= 15 is 0 Å². The Bertz CT molecular complexity index is 479. The van der Waals surface area contributed by atoms with Crippen LogP contribution >= 0.6 is 11.8 Å². The Balaban J connectivity index is 2.99. The monoisotopic (exact) mass is 298 g/mol. The van der Waals surface area contributed by atoms with Gasteiger partial charge in [0.2, 0.25) is 0 Å². The molecular weight excluding hydrogens is 276 g/mol. The fraction of sp³-hybridized carbons (Fsp3) is 0.533. The molecule has 0 aliphatic carbocycles. The van der Waals surface area contributed by atoms with Crippen molar-refractivity contribution in [3.63, 3.8) is 0 Å². The number of aliphatic hydroxyl groups excluding tert-OH is 2. The minimum Gasteiger partial charge on any atom is -0.507 e. The highest BCUT2D eigenvalue weighted by molar-refractivity contribution is 8.13. The topological polar surface area (TPSA) is 77.8 Å². The maximum absolute atomic E-state index is 10.9. The Labute approximate surface area is 123 Å². The number of rotatable bonds is 4. The lowest BCUT2D eigenvalue weighted by Gasteiger charge is -2.24. The molecule has 4 nitrogen and oxygen atoms in total. The number of aromatic hydroxyl groups is 1. The van der Waals surface area contributed by atoms with Crippen LogP contribution in [-0.4, -0.2) is 32.3 Å². The molecule has 1 aromatic rings.